The number of nitrogens with zero attached hydrogens (tertiary/aromatic N) is 2. The molecule has 1 aromatic carbocycles. The number of benzene rings is 1. The first-order valence-electron chi connectivity index (χ1n) is 5.94. The first kappa shape index (κ1) is 11.6. The molecule has 1 aliphatic heterocycles. The number of carboxylic acid groups (broad SMARTS) is 1. The van der Waals surface area contributed by atoms with Crippen molar-refractivity contribution in [1.29, 1.82) is 0 Å². The van der Waals surface area contributed by atoms with Crippen molar-refractivity contribution in [2.75, 3.05) is 11.5 Å². The van der Waals surface area contributed by atoms with Crippen LogP contribution in [0.4, 0.5) is 0 Å². The number of rotatable bonds is 2. The van der Waals surface area contributed by atoms with E-state index in [1.165, 1.54) is 5.75 Å². The second-order valence-electron chi connectivity index (χ2n) is 4.60. The van der Waals surface area contributed by atoms with Gasteiger partial charge in [-0.25, -0.2) is 9.78 Å². The topological polar surface area (TPSA) is 55.1 Å². The van der Waals surface area contributed by atoms with Crippen molar-refractivity contribution in [3.8, 4) is 0 Å². The normalized spacial score (nSPS) is 19.5. The first-order chi connectivity index (χ1) is 8.66. The Morgan fingerprint density at radius 3 is 3.06 bits per heavy atom. The maximum atomic E-state index is 11.0. The van der Waals surface area contributed by atoms with Crippen LogP contribution in [0.3, 0.4) is 0 Å². The Balaban J connectivity index is 2.11. The van der Waals surface area contributed by atoms with Gasteiger partial charge in [-0.2, -0.15) is 11.8 Å². The Morgan fingerprint density at radius 2 is 2.39 bits per heavy atom. The summed E-state index contributed by atoms with van der Waals surface area (Å²) in [6, 6.07) is 5.14. The average Bonchev–Trinajstić information content (AvgIpc) is 2.97. The van der Waals surface area contributed by atoms with Crippen LogP contribution in [0.2, 0.25) is 0 Å². The zero-order valence-corrected chi connectivity index (χ0v) is 10.9. The summed E-state index contributed by atoms with van der Waals surface area (Å²) in [5.41, 5.74) is 2.09. The number of aromatic nitrogens is 2. The molecule has 1 atom stereocenters. The van der Waals surface area contributed by atoms with Crippen molar-refractivity contribution in [1.82, 2.24) is 9.55 Å². The van der Waals surface area contributed by atoms with Crippen LogP contribution in [-0.4, -0.2) is 32.1 Å². The standard InChI is InChI=1S/C13H14N2O2S/c1-15-11-3-2-8(13(16)17)6-10(11)14-12(15)9-4-5-18-7-9/h2-3,6,9H,4-5,7H2,1H3,(H,16,17). The van der Waals surface area contributed by atoms with E-state index in [4.69, 9.17) is 5.11 Å². The molecule has 0 spiro atoms. The molecule has 1 fully saturated rings. The lowest BCUT2D eigenvalue weighted by Crippen LogP contribution is -2.05. The summed E-state index contributed by atoms with van der Waals surface area (Å²) in [5, 5.41) is 8.99. The number of thioether (sulfide) groups is 1. The van der Waals surface area contributed by atoms with Crippen molar-refractivity contribution in [2.45, 2.75) is 12.3 Å². The molecule has 0 aliphatic carbocycles. The third kappa shape index (κ3) is 1.79. The summed E-state index contributed by atoms with van der Waals surface area (Å²) in [6.45, 7) is 0. The Labute approximate surface area is 109 Å². The van der Waals surface area contributed by atoms with E-state index >= 15 is 0 Å². The molecular weight excluding hydrogens is 248 g/mol. The van der Waals surface area contributed by atoms with Gasteiger partial charge in [0.1, 0.15) is 5.82 Å². The van der Waals surface area contributed by atoms with Crippen LogP contribution >= 0.6 is 11.8 Å². The predicted octanol–water partition coefficient (Wildman–Crippen LogP) is 2.49. The second kappa shape index (κ2) is 4.31. The molecule has 2 aromatic rings. The van der Waals surface area contributed by atoms with Crippen LogP contribution in [0.25, 0.3) is 11.0 Å². The van der Waals surface area contributed by atoms with Gasteiger partial charge in [-0.1, -0.05) is 0 Å². The molecule has 5 heteroatoms. The summed E-state index contributed by atoms with van der Waals surface area (Å²) in [6.07, 6.45) is 1.16. The largest absolute Gasteiger partial charge is 0.478 e. The van der Waals surface area contributed by atoms with E-state index in [0.717, 1.165) is 29.0 Å². The van der Waals surface area contributed by atoms with E-state index in [0.29, 0.717) is 11.5 Å². The minimum absolute atomic E-state index is 0.299. The zero-order valence-electron chi connectivity index (χ0n) is 10.1. The first-order valence-corrected chi connectivity index (χ1v) is 7.09. The minimum Gasteiger partial charge on any atom is -0.478 e. The monoisotopic (exact) mass is 262 g/mol. The van der Waals surface area contributed by atoms with Gasteiger partial charge in [0.2, 0.25) is 0 Å². The van der Waals surface area contributed by atoms with Crippen LogP contribution in [0.5, 0.6) is 0 Å². The van der Waals surface area contributed by atoms with Gasteiger partial charge in [0.05, 0.1) is 16.6 Å². The maximum absolute atomic E-state index is 11.0. The highest BCUT2D eigenvalue weighted by Gasteiger charge is 2.23. The highest BCUT2D eigenvalue weighted by atomic mass is 32.2. The molecule has 4 nitrogen and oxygen atoms in total. The lowest BCUT2D eigenvalue weighted by Gasteiger charge is -2.07. The van der Waals surface area contributed by atoms with Crippen LogP contribution in [0, 0.1) is 0 Å². The van der Waals surface area contributed by atoms with Crippen LogP contribution < -0.4 is 0 Å². The predicted molar refractivity (Wildman–Crippen MR) is 72.4 cm³/mol. The molecule has 0 amide bonds. The van der Waals surface area contributed by atoms with Crippen molar-refractivity contribution in [2.24, 2.45) is 7.05 Å². The van der Waals surface area contributed by atoms with Crippen LogP contribution in [0.1, 0.15) is 28.5 Å². The van der Waals surface area contributed by atoms with Gasteiger partial charge in [0, 0.05) is 18.7 Å². The smallest absolute Gasteiger partial charge is 0.335 e. The van der Waals surface area contributed by atoms with Crippen molar-refractivity contribution < 1.29 is 9.90 Å². The van der Waals surface area contributed by atoms with E-state index in [1.54, 1.807) is 12.1 Å². The minimum atomic E-state index is -0.902. The van der Waals surface area contributed by atoms with E-state index in [-0.39, 0.29) is 0 Å². The van der Waals surface area contributed by atoms with Gasteiger partial charge in [-0.3, -0.25) is 0 Å². The molecule has 0 bridgehead atoms. The van der Waals surface area contributed by atoms with E-state index in [9.17, 15) is 4.79 Å². The fourth-order valence-corrected chi connectivity index (χ4v) is 3.67. The highest BCUT2D eigenvalue weighted by Crippen LogP contribution is 2.33. The number of hydrogen-bond acceptors (Lipinski definition) is 3. The molecule has 18 heavy (non-hydrogen) atoms. The van der Waals surface area contributed by atoms with Crippen molar-refractivity contribution in [3.63, 3.8) is 0 Å². The van der Waals surface area contributed by atoms with Gasteiger partial charge >= 0.3 is 5.97 Å². The molecule has 1 saturated heterocycles. The third-order valence-electron chi connectivity index (χ3n) is 3.46. The van der Waals surface area contributed by atoms with Gasteiger partial charge in [0.15, 0.2) is 0 Å². The molecule has 0 saturated carbocycles. The van der Waals surface area contributed by atoms with Crippen LogP contribution in [-0.2, 0) is 7.05 Å². The van der Waals surface area contributed by atoms with E-state index in [1.807, 2.05) is 24.9 Å². The Morgan fingerprint density at radius 1 is 1.56 bits per heavy atom. The number of aromatic carboxylic acids is 1. The number of hydrogen-bond donors (Lipinski definition) is 1. The molecule has 1 unspecified atom stereocenters. The van der Waals surface area contributed by atoms with Gasteiger partial charge in [-0.05, 0) is 30.4 Å². The fraction of sp³-hybridized carbons (Fsp3) is 0.385. The summed E-state index contributed by atoms with van der Waals surface area (Å²) in [4.78, 5) is 15.6. The number of imidazole rings is 1. The Kier molecular flexibility index (Phi) is 2.78. The molecule has 1 aliphatic rings. The molecule has 3 rings (SSSR count). The number of fused-ring (bicyclic) bond motifs is 1. The lowest BCUT2D eigenvalue weighted by molar-refractivity contribution is 0.0697. The quantitative estimate of drug-likeness (QED) is 0.903. The van der Waals surface area contributed by atoms with E-state index < -0.39 is 5.97 Å². The lowest BCUT2D eigenvalue weighted by atomic mass is 10.1. The van der Waals surface area contributed by atoms with Gasteiger partial charge in [-0.15, -0.1) is 0 Å². The molecule has 0 radical (unpaired) electrons. The number of carbonyl (C=O) groups is 1. The van der Waals surface area contributed by atoms with Gasteiger partial charge < -0.3 is 9.67 Å². The molecular formula is C13H14N2O2S. The summed E-state index contributed by atoms with van der Waals surface area (Å²) < 4.78 is 2.09. The fourth-order valence-electron chi connectivity index (χ4n) is 2.45. The molecule has 2 heterocycles. The SMILES string of the molecule is Cn1c(C2CCSC2)nc2cc(C(=O)O)ccc21. The Hall–Kier alpha value is -1.49. The van der Waals surface area contributed by atoms with Gasteiger partial charge in [0.25, 0.3) is 0 Å². The summed E-state index contributed by atoms with van der Waals surface area (Å²) >= 11 is 1.96. The molecule has 1 N–H and O–H groups in total. The maximum Gasteiger partial charge on any atom is 0.335 e. The Bertz CT molecular complexity index is 615. The van der Waals surface area contributed by atoms with E-state index in [2.05, 4.69) is 9.55 Å². The second-order valence-corrected chi connectivity index (χ2v) is 5.75. The van der Waals surface area contributed by atoms with Crippen molar-refractivity contribution >= 4 is 28.8 Å². The average molecular weight is 262 g/mol. The molecule has 1 aromatic heterocycles. The summed E-state index contributed by atoms with van der Waals surface area (Å²) in [7, 11) is 2.01. The number of aryl methyl sites for hydroxylation is 1. The third-order valence-corrected chi connectivity index (χ3v) is 4.62. The summed E-state index contributed by atoms with van der Waals surface area (Å²) in [5.74, 6) is 2.98. The van der Waals surface area contributed by atoms with Crippen LogP contribution in [0.15, 0.2) is 18.2 Å². The van der Waals surface area contributed by atoms with Crippen molar-refractivity contribution in [3.05, 3.63) is 29.6 Å². The zero-order chi connectivity index (χ0) is 12.7. The number of carboxylic acids is 1. The molecule has 94 valence electrons. The highest BCUT2D eigenvalue weighted by molar-refractivity contribution is 7.99.